The third-order valence-corrected chi connectivity index (χ3v) is 7.44. The Hall–Kier alpha value is -1.96. The molecule has 0 amide bonds. The molecule has 0 radical (unpaired) electrons. The molecule has 1 aromatic carbocycles. The van der Waals surface area contributed by atoms with Crippen molar-refractivity contribution in [3.8, 4) is 0 Å². The zero-order valence-electron chi connectivity index (χ0n) is 21.0. The summed E-state index contributed by atoms with van der Waals surface area (Å²) in [4.78, 5) is 26.1. The monoisotopic (exact) mass is 454 g/mol. The van der Waals surface area contributed by atoms with Crippen LogP contribution in [-0.2, 0) is 6.54 Å². The fourth-order valence-corrected chi connectivity index (χ4v) is 5.40. The van der Waals surface area contributed by atoms with Gasteiger partial charge in [-0.1, -0.05) is 13.3 Å². The van der Waals surface area contributed by atoms with E-state index in [1.54, 1.807) is 0 Å². The second kappa shape index (κ2) is 11.0. The lowest BCUT2D eigenvalue weighted by Gasteiger charge is -2.32. The van der Waals surface area contributed by atoms with E-state index < -0.39 is 0 Å². The normalized spacial score (nSPS) is 20.7. The highest BCUT2D eigenvalue weighted by Gasteiger charge is 2.27. The zero-order valence-corrected chi connectivity index (χ0v) is 21.0. The van der Waals surface area contributed by atoms with E-state index >= 15 is 0 Å². The van der Waals surface area contributed by atoms with E-state index in [1.165, 1.54) is 0 Å². The molecular formula is C26H42N6O. The van der Waals surface area contributed by atoms with E-state index in [-0.39, 0.29) is 11.6 Å². The molecule has 2 saturated heterocycles. The maximum Gasteiger partial charge on any atom is 0.261 e. The number of hydrogen-bond acceptors (Lipinski definition) is 6. The van der Waals surface area contributed by atoms with Crippen LogP contribution in [-0.4, -0.2) is 83.7 Å². The van der Waals surface area contributed by atoms with Crippen LogP contribution in [0.4, 0.5) is 5.69 Å². The first-order valence-corrected chi connectivity index (χ1v) is 12.9. The van der Waals surface area contributed by atoms with Gasteiger partial charge in [0.1, 0.15) is 5.82 Å². The van der Waals surface area contributed by atoms with Gasteiger partial charge in [0.25, 0.3) is 5.56 Å². The average molecular weight is 455 g/mol. The van der Waals surface area contributed by atoms with E-state index in [4.69, 9.17) is 4.98 Å². The zero-order chi connectivity index (χ0) is 23.4. The quantitative estimate of drug-likeness (QED) is 0.692. The lowest BCUT2D eigenvalue weighted by molar-refractivity contribution is 0.180. The highest BCUT2D eigenvalue weighted by atomic mass is 16.1. The molecule has 1 atom stereocenters. The van der Waals surface area contributed by atoms with Crippen molar-refractivity contribution in [2.45, 2.75) is 64.6 Å². The minimum absolute atomic E-state index is 0.0950. The summed E-state index contributed by atoms with van der Waals surface area (Å²) in [6.45, 7) is 11.5. The maximum atomic E-state index is 13.6. The van der Waals surface area contributed by atoms with Gasteiger partial charge in [0.15, 0.2) is 0 Å². The Bertz CT molecular complexity index is 981. The topological polar surface area (TPSA) is 56.6 Å². The molecule has 182 valence electrons. The number of likely N-dealkylation sites (tertiary alicyclic amines) is 1. The number of aromatic nitrogens is 2. The molecule has 0 saturated carbocycles. The number of anilines is 1. The molecule has 4 rings (SSSR count). The first-order chi connectivity index (χ1) is 16.0. The van der Waals surface area contributed by atoms with Crippen molar-refractivity contribution in [2.24, 2.45) is 0 Å². The van der Waals surface area contributed by atoms with E-state index in [0.717, 1.165) is 93.8 Å². The molecule has 3 heterocycles. The molecule has 0 bridgehead atoms. The molecule has 0 aliphatic carbocycles. The first-order valence-electron chi connectivity index (χ1n) is 12.9. The fraction of sp³-hybridized carbons (Fsp3) is 0.692. The van der Waals surface area contributed by atoms with Crippen LogP contribution < -0.4 is 10.9 Å². The molecule has 7 heteroatoms. The average Bonchev–Trinajstić information content (AvgIpc) is 3.03. The number of hydrogen-bond donors (Lipinski definition) is 1. The van der Waals surface area contributed by atoms with Crippen molar-refractivity contribution < 1.29 is 0 Å². The molecule has 0 spiro atoms. The van der Waals surface area contributed by atoms with Crippen molar-refractivity contribution in [1.82, 2.24) is 24.3 Å². The molecule has 1 N–H and O–H groups in total. The Balaban J connectivity index is 1.66. The summed E-state index contributed by atoms with van der Waals surface area (Å²) in [5.74, 6) is 0.942. The smallest absolute Gasteiger partial charge is 0.261 e. The lowest BCUT2D eigenvalue weighted by Crippen LogP contribution is -2.37. The van der Waals surface area contributed by atoms with Crippen molar-refractivity contribution in [2.75, 3.05) is 58.7 Å². The summed E-state index contributed by atoms with van der Waals surface area (Å²) in [5, 5.41) is 4.39. The Labute approximate surface area is 198 Å². The predicted molar refractivity (Wildman–Crippen MR) is 137 cm³/mol. The molecule has 1 aromatic heterocycles. The molecule has 2 aliphatic heterocycles. The van der Waals surface area contributed by atoms with Crippen LogP contribution in [0.5, 0.6) is 0 Å². The third kappa shape index (κ3) is 5.58. The second-order valence-electron chi connectivity index (χ2n) is 9.97. The van der Waals surface area contributed by atoms with Gasteiger partial charge in [0.2, 0.25) is 0 Å². The van der Waals surface area contributed by atoms with Crippen LogP contribution in [0, 0.1) is 0 Å². The molecule has 2 aromatic rings. The summed E-state index contributed by atoms with van der Waals surface area (Å²) in [6.07, 6.45) is 5.53. The number of piperidine rings is 1. The SMILES string of the molecule is CCCC(c1nc2ccc(NC3CCN(C)CC3)cc2c(=O)n1CC)N1CCCN(C)CC1. The van der Waals surface area contributed by atoms with Crippen molar-refractivity contribution in [1.29, 1.82) is 0 Å². The van der Waals surface area contributed by atoms with Crippen LogP contribution in [0.2, 0.25) is 0 Å². The number of fused-ring (bicyclic) bond motifs is 1. The van der Waals surface area contributed by atoms with Crippen molar-refractivity contribution in [3.63, 3.8) is 0 Å². The molecular weight excluding hydrogens is 412 g/mol. The number of likely N-dealkylation sites (N-methyl/N-ethyl adjacent to an activating group) is 1. The lowest BCUT2D eigenvalue weighted by atomic mass is 10.0. The highest BCUT2D eigenvalue weighted by molar-refractivity contribution is 5.81. The van der Waals surface area contributed by atoms with E-state index in [2.05, 4.69) is 54.0 Å². The standard InChI is InChI=1S/C26H42N6O/c1-5-8-24(31-14-7-13-29(3)17-18-31)25-28-23-10-9-21(19-22(23)26(33)32(25)6-2)27-20-11-15-30(4)16-12-20/h9-10,19-20,24,27H,5-8,11-18H2,1-4H3. The van der Waals surface area contributed by atoms with Crippen LogP contribution in [0.15, 0.2) is 23.0 Å². The number of nitrogens with one attached hydrogen (secondary N) is 1. The predicted octanol–water partition coefficient (Wildman–Crippen LogP) is 3.40. The van der Waals surface area contributed by atoms with Crippen LogP contribution in [0.25, 0.3) is 10.9 Å². The minimum Gasteiger partial charge on any atom is -0.382 e. The van der Waals surface area contributed by atoms with Gasteiger partial charge in [-0.25, -0.2) is 4.98 Å². The van der Waals surface area contributed by atoms with Crippen molar-refractivity contribution in [3.05, 3.63) is 34.4 Å². The van der Waals surface area contributed by atoms with E-state index in [1.807, 2.05) is 16.7 Å². The van der Waals surface area contributed by atoms with Gasteiger partial charge in [-0.15, -0.1) is 0 Å². The van der Waals surface area contributed by atoms with Crippen LogP contribution in [0.3, 0.4) is 0 Å². The van der Waals surface area contributed by atoms with Crippen molar-refractivity contribution >= 4 is 16.6 Å². The van der Waals surface area contributed by atoms with Gasteiger partial charge in [0, 0.05) is 37.9 Å². The third-order valence-electron chi connectivity index (χ3n) is 7.44. The number of rotatable bonds is 7. The largest absolute Gasteiger partial charge is 0.382 e. The van der Waals surface area contributed by atoms with E-state index in [9.17, 15) is 4.79 Å². The molecule has 2 fully saturated rings. The Kier molecular flexibility index (Phi) is 8.04. The van der Waals surface area contributed by atoms with Gasteiger partial charge in [-0.05, 0) is 84.5 Å². The maximum absolute atomic E-state index is 13.6. The molecule has 2 aliphatic rings. The van der Waals surface area contributed by atoms with Gasteiger partial charge in [0.05, 0.1) is 16.9 Å². The Morgan fingerprint density at radius 2 is 1.79 bits per heavy atom. The van der Waals surface area contributed by atoms with Gasteiger partial charge >= 0.3 is 0 Å². The molecule has 7 nitrogen and oxygen atoms in total. The minimum atomic E-state index is 0.0950. The summed E-state index contributed by atoms with van der Waals surface area (Å²) in [7, 11) is 4.38. The molecule has 1 unspecified atom stereocenters. The van der Waals surface area contributed by atoms with Crippen LogP contribution >= 0.6 is 0 Å². The van der Waals surface area contributed by atoms with E-state index in [0.29, 0.717) is 12.6 Å². The first kappa shape index (κ1) is 24.2. The fourth-order valence-electron chi connectivity index (χ4n) is 5.40. The summed E-state index contributed by atoms with van der Waals surface area (Å²) < 4.78 is 1.93. The van der Waals surface area contributed by atoms with Crippen LogP contribution in [0.1, 0.15) is 57.8 Å². The highest BCUT2D eigenvalue weighted by Crippen LogP contribution is 2.27. The van der Waals surface area contributed by atoms with Gasteiger partial charge in [-0.2, -0.15) is 0 Å². The second-order valence-corrected chi connectivity index (χ2v) is 9.97. The Morgan fingerprint density at radius 1 is 1.03 bits per heavy atom. The summed E-state index contributed by atoms with van der Waals surface area (Å²) in [5.41, 5.74) is 1.95. The summed E-state index contributed by atoms with van der Waals surface area (Å²) in [6, 6.07) is 6.82. The summed E-state index contributed by atoms with van der Waals surface area (Å²) >= 11 is 0. The molecule has 33 heavy (non-hydrogen) atoms. The number of nitrogens with zero attached hydrogens (tertiary/aromatic N) is 5. The Morgan fingerprint density at radius 3 is 2.52 bits per heavy atom. The number of benzene rings is 1. The van der Waals surface area contributed by atoms with Gasteiger partial charge in [-0.3, -0.25) is 14.3 Å². The van der Waals surface area contributed by atoms with Gasteiger partial charge < -0.3 is 15.1 Å².